The van der Waals surface area contributed by atoms with Gasteiger partial charge in [0.2, 0.25) is 0 Å². The molecule has 0 bridgehead atoms. The molecule has 2 aromatic heterocycles. The molecule has 0 spiro atoms. The van der Waals surface area contributed by atoms with Crippen LogP contribution in [0.15, 0.2) is 155 Å². The number of aryl methyl sites for hydroxylation is 1. The molecule has 0 radical (unpaired) electrons. The standard InChI is InChI=1S/C63H61BN2O2/c1-38-28-55-59-56(29-38)66(44-31-39(47-36-67-57-18-14-12-16-45(47)57)30-40(32-44)48-37-68-58-19-15-13-17-46(48)58)54-35-50-49(62(8,9)26-27-63(50,10)11)34-52(54)64(59)51-33-42(61(5,6)7)22-25-53(51)65(55)43-23-20-41(21-24-43)60(2,3)4/h12-25,28-37H,26-27H2,1-11H3. The van der Waals surface area contributed by atoms with Crippen LogP contribution in [0.2, 0.25) is 0 Å². The Balaban J connectivity index is 1.20. The van der Waals surface area contributed by atoms with Crippen LogP contribution in [0.1, 0.15) is 110 Å². The van der Waals surface area contributed by atoms with Crippen LogP contribution >= 0.6 is 0 Å². The van der Waals surface area contributed by atoms with Crippen LogP contribution in [-0.4, -0.2) is 6.71 Å². The summed E-state index contributed by atoms with van der Waals surface area (Å²) in [5, 5.41) is 2.19. The van der Waals surface area contributed by atoms with E-state index in [1.54, 1.807) is 0 Å². The molecule has 68 heavy (non-hydrogen) atoms. The van der Waals surface area contributed by atoms with Crippen LogP contribution in [0.25, 0.3) is 44.2 Å². The minimum atomic E-state index is -0.0403. The van der Waals surface area contributed by atoms with Crippen LogP contribution in [0.4, 0.5) is 34.1 Å². The van der Waals surface area contributed by atoms with Gasteiger partial charge in [-0.2, -0.15) is 0 Å². The van der Waals surface area contributed by atoms with Gasteiger partial charge in [0.25, 0.3) is 6.71 Å². The molecule has 5 heteroatoms. The fourth-order valence-corrected chi connectivity index (χ4v) is 11.8. The van der Waals surface area contributed by atoms with Gasteiger partial charge in [-0.25, -0.2) is 0 Å². The summed E-state index contributed by atoms with van der Waals surface area (Å²) in [6.45, 7) is 26.0. The third-order valence-corrected chi connectivity index (χ3v) is 15.8. The summed E-state index contributed by atoms with van der Waals surface area (Å²) in [5.41, 5.74) is 24.2. The van der Waals surface area contributed by atoms with Crippen molar-refractivity contribution in [3.05, 3.63) is 174 Å². The lowest BCUT2D eigenvalue weighted by Crippen LogP contribution is -2.62. The predicted molar refractivity (Wildman–Crippen MR) is 288 cm³/mol. The van der Waals surface area contributed by atoms with E-state index in [-0.39, 0.29) is 28.4 Å². The molecule has 3 aliphatic rings. The first-order valence-corrected chi connectivity index (χ1v) is 24.6. The van der Waals surface area contributed by atoms with Gasteiger partial charge >= 0.3 is 0 Å². The van der Waals surface area contributed by atoms with Crippen LogP contribution in [-0.2, 0) is 21.7 Å². The highest BCUT2D eigenvalue weighted by molar-refractivity contribution is 7.00. The predicted octanol–water partition coefficient (Wildman–Crippen LogP) is 15.8. The normalized spacial score (nSPS) is 15.9. The third-order valence-electron chi connectivity index (χ3n) is 15.8. The van der Waals surface area contributed by atoms with Gasteiger partial charge < -0.3 is 18.6 Å². The van der Waals surface area contributed by atoms with E-state index >= 15 is 0 Å². The topological polar surface area (TPSA) is 32.8 Å². The number of anilines is 6. The van der Waals surface area contributed by atoms with E-state index in [9.17, 15) is 0 Å². The second-order valence-corrected chi connectivity index (χ2v) is 23.4. The molecule has 0 saturated heterocycles. The van der Waals surface area contributed by atoms with E-state index in [1.807, 2.05) is 24.7 Å². The second kappa shape index (κ2) is 14.6. The molecular formula is C63H61BN2O2. The number of hydrogen-bond donors (Lipinski definition) is 0. The maximum absolute atomic E-state index is 6.28. The third kappa shape index (κ3) is 6.55. The number of hydrogen-bond acceptors (Lipinski definition) is 4. The molecule has 12 rings (SSSR count). The Labute approximate surface area is 402 Å². The average Bonchev–Trinajstić information content (AvgIpc) is 3.94. The lowest BCUT2D eigenvalue weighted by atomic mass is 9.33. The summed E-state index contributed by atoms with van der Waals surface area (Å²) in [6, 6.07) is 50.7. The second-order valence-electron chi connectivity index (χ2n) is 23.4. The first kappa shape index (κ1) is 42.6. The SMILES string of the molecule is Cc1cc2c3c(c1)N(c1cc(-c4coc5ccccc45)cc(-c4coc5ccccc45)c1)c1cc4c(cc1B3c1cc(C(C)(C)C)ccc1N2c1ccc(C(C)(C)C)cc1)C(C)(C)CCC4(C)C. The zero-order chi connectivity index (χ0) is 47.2. The van der Waals surface area contributed by atoms with Crippen molar-refractivity contribution in [3.8, 4) is 22.3 Å². The van der Waals surface area contributed by atoms with E-state index in [1.165, 1.54) is 72.6 Å². The van der Waals surface area contributed by atoms with Gasteiger partial charge in [0.15, 0.2) is 0 Å². The smallest absolute Gasteiger partial charge is 0.252 e. The van der Waals surface area contributed by atoms with Crippen molar-refractivity contribution in [2.45, 2.75) is 111 Å². The quantitative estimate of drug-likeness (QED) is 0.165. The van der Waals surface area contributed by atoms with Crippen LogP contribution in [0.3, 0.4) is 0 Å². The highest BCUT2D eigenvalue weighted by Crippen LogP contribution is 2.52. The summed E-state index contributed by atoms with van der Waals surface area (Å²) in [4.78, 5) is 5.18. The van der Waals surface area contributed by atoms with E-state index in [0.29, 0.717) is 0 Å². The maximum Gasteiger partial charge on any atom is 0.252 e. The molecule has 9 aromatic rings. The Bertz CT molecular complexity index is 3420. The van der Waals surface area contributed by atoms with Crippen molar-refractivity contribution >= 4 is 79.2 Å². The van der Waals surface area contributed by atoms with Crippen LogP contribution in [0, 0.1) is 6.92 Å². The Morgan fingerprint density at radius 3 is 1.54 bits per heavy atom. The van der Waals surface area contributed by atoms with Crippen LogP contribution in [0.5, 0.6) is 0 Å². The van der Waals surface area contributed by atoms with Gasteiger partial charge in [-0.05, 0) is 163 Å². The molecule has 0 atom stereocenters. The van der Waals surface area contributed by atoms with Crippen molar-refractivity contribution in [1.82, 2.24) is 0 Å². The minimum absolute atomic E-state index is 0.00123. The van der Waals surface area contributed by atoms with E-state index in [0.717, 1.165) is 62.7 Å². The molecule has 0 N–H and O–H groups in total. The summed E-state index contributed by atoms with van der Waals surface area (Å²) >= 11 is 0. The molecule has 338 valence electrons. The van der Waals surface area contributed by atoms with E-state index in [4.69, 9.17) is 8.83 Å². The zero-order valence-corrected chi connectivity index (χ0v) is 41.6. The Kier molecular flexibility index (Phi) is 9.18. The summed E-state index contributed by atoms with van der Waals surface area (Å²) in [7, 11) is 0. The highest BCUT2D eigenvalue weighted by Gasteiger charge is 2.47. The molecule has 2 aliphatic heterocycles. The number of fused-ring (bicyclic) bond motifs is 7. The van der Waals surface area contributed by atoms with Crippen molar-refractivity contribution < 1.29 is 8.83 Å². The molecule has 7 aromatic carbocycles. The molecule has 4 nitrogen and oxygen atoms in total. The van der Waals surface area contributed by atoms with E-state index in [2.05, 4.69) is 207 Å². The summed E-state index contributed by atoms with van der Waals surface area (Å²) in [6.07, 6.45) is 6.15. The zero-order valence-electron chi connectivity index (χ0n) is 41.6. The van der Waals surface area contributed by atoms with Gasteiger partial charge in [-0.15, -0.1) is 0 Å². The maximum atomic E-state index is 6.28. The summed E-state index contributed by atoms with van der Waals surface area (Å²) in [5.74, 6) is 0. The van der Waals surface area contributed by atoms with Crippen molar-refractivity contribution in [1.29, 1.82) is 0 Å². The summed E-state index contributed by atoms with van der Waals surface area (Å²) < 4.78 is 12.6. The van der Waals surface area contributed by atoms with Crippen molar-refractivity contribution in [2.75, 3.05) is 9.80 Å². The van der Waals surface area contributed by atoms with Crippen molar-refractivity contribution in [3.63, 3.8) is 0 Å². The largest absolute Gasteiger partial charge is 0.464 e. The monoisotopic (exact) mass is 888 g/mol. The highest BCUT2D eigenvalue weighted by atomic mass is 16.3. The van der Waals surface area contributed by atoms with Crippen LogP contribution < -0.4 is 26.2 Å². The lowest BCUT2D eigenvalue weighted by Gasteiger charge is -2.47. The average molecular weight is 889 g/mol. The Morgan fingerprint density at radius 2 is 0.985 bits per heavy atom. The first-order valence-electron chi connectivity index (χ1n) is 24.6. The van der Waals surface area contributed by atoms with Gasteiger partial charge in [-0.3, -0.25) is 0 Å². The van der Waals surface area contributed by atoms with Crippen molar-refractivity contribution in [2.24, 2.45) is 0 Å². The number of furan rings is 2. The van der Waals surface area contributed by atoms with Gasteiger partial charge in [-0.1, -0.05) is 136 Å². The fourth-order valence-electron chi connectivity index (χ4n) is 11.8. The van der Waals surface area contributed by atoms with Gasteiger partial charge in [0.1, 0.15) is 11.2 Å². The Morgan fingerprint density at radius 1 is 0.485 bits per heavy atom. The number of para-hydroxylation sites is 2. The lowest BCUT2D eigenvalue weighted by molar-refractivity contribution is 0.332. The molecule has 1 aliphatic carbocycles. The molecule has 4 heterocycles. The molecule has 0 fully saturated rings. The molecule has 0 unspecified atom stereocenters. The number of nitrogens with zero attached hydrogens (tertiary/aromatic N) is 2. The molecule has 0 saturated carbocycles. The number of rotatable bonds is 4. The molecule has 0 amide bonds. The fraction of sp³-hybridized carbons (Fsp3) is 0.270. The van der Waals surface area contributed by atoms with Gasteiger partial charge in [0.05, 0.1) is 12.5 Å². The Hall–Kier alpha value is -6.72. The van der Waals surface area contributed by atoms with Gasteiger partial charge in [0, 0.05) is 56.0 Å². The van der Waals surface area contributed by atoms with E-state index < -0.39 is 0 Å². The first-order chi connectivity index (χ1) is 32.4. The number of benzene rings is 7. The molecular weight excluding hydrogens is 828 g/mol. The minimum Gasteiger partial charge on any atom is -0.464 e.